The number of hydrogen-bond donors (Lipinski definition) is 1. The molecule has 0 saturated heterocycles. The molecule has 2 rings (SSSR count). The predicted octanol–water partition coefficient (Wildman–Crippen LogP) is 1.11. The van der Waals surface area contributed by atoms with Gasteiger partial charge in [0.25, 0.3) is 0 Å². The standard InChI is InChI=1S/C13H16N4O/c14-6-1-7-17(12-4-5-12)13(18)8-11-3-2-10(15)9-16-11/h2-3,9,12H,1,4-5,7-8,15H2. The van der Waals surface area contributed by atoms with Crippen molar-refractivity contribution in [3.05, 3.63) is 24.0 Å². The molecule has 18 heavy (non-hydrogen) atoms. The number of aromatic nitrogens is 1. The Morgan fingerprint density at radius 1 is 1.56 bits per heavy atom. The van der Waals surface area contributed by atoms with Gasteiger partial charge in [-0.15, -0.1) is 0 Å². The molecule has 0 bridgehead atoms. The summed E-state index contributed by atoms with van der Waals surface area (Å²) in [6.45, 7) is 0.523. The monoisotopic (exact) mass is 244 g/mol. The van der Waals surface area contributed by atoms with Crippen LogP contribution in [0.1, 0.15) is 25.0 Å². The van der Waals surface area contributed by atoms with Crippen molar-refractivity contribution in [1.82, 2.24) is 9.88 Å². The molecule has 1 aliphatic carbocycles. The van der Waals surface area contributed by atoms with Crippen molar-refractivity contribution in [2.45, 2.75) is 31.7 Å². The van der Waals surface area contributed by atoms with Crippen LogP contribution >= 0.6 is 0 Å². The van der Waals surface area contributed by atoms with E-state index in [4.69, 9.17) is 11.0 Å². The first-order valence-corrected chi connectivity index (χ1v) is 6.07. The molecule has 1 amide bonds. The van der Waals surface area contributed by atoms with Gasteiger partial charge in [0, 0.05) is 18.3 Å². The van der Waals surface area contributed by atoms with E-state index in [1.165, 1.54) is 0 Å². The number of carbonyl (C=O) groups is 1. The zero-order valence-corrected chi connectivity index (χ0v) is 10.2. The van der Waals surface area contributed by atoms with Gasteiger partial charge in [-0.2, -0.15) is 5.26 Å². The molecule has 0 unspecified atom stereocenters. The summed E-state index contributed by atoms with van der Waals surface area (Å²) in [5.41, 5.74) is 6.86. The van der Waals surface area contributed by atoms with Gasteiger partial charge in [-0.3, -0.25) is 9.78 Å². The molecular weight excluding hydrogens is 228 g/mol. The summed E-state index contributed by atoms with van der Waals surface area (Å²) in [6, 6.07) is 5.92. The molecule has 2 N–H and O–H groups in total. The fourth-order valence-corrected chi connectivity index (χ4v) is 1.86. The molecule has 0 aliphatic heterocycles. The van der Waals surface area contributed by atoms with Crippen molar-refractivity contribution < 1.29 is 4.79 Å². The minimum Gasteiger partial charge on any atom is -0.397 e. The van der Waals surface area contributed by atoms with E-state index in [-0.39, 0.29) is 12.3 Å². The first-order valence-electron chi connectivity index (χ1n) is 6.07. The van der Waals surface area contributed by atoms with Gasteiger partial charge in [0.2, 0.25) is 5.91 Å². The van der Waals surface area contributed by atoms with E-state index in [0.29, 0.717) is 24.7 Å². The quantitative estimate of drug-likeness (QED) is 0.841. The van der Waals surface area contributed by atoms with Crippen LogP contribution in [-0.2, 0) is 11.2 Å². The van der Waals surface area contributed by atoms with E-state index in [9.17, 15) is 4.79 Å². The van der Waals surface area contributed by atoms with Crippen LogP contribution in [-0.4, -0.2) is 28.4 Å². The molecule has 1 heterocycles. The van der Waals surface area contributed by atoms with Crippen molar-refractivity contribution >= 4 is 11.6 Å². The van der Waals surface area contributed by atoms with Gasteiger partial charge < -0.3 is 10.6 Å². The fourth-order valence-electron chi connectivity index (χ4n) is 1.86. The Bertz CT molecular complexity index is 459. The summed E-state index contributed by atoms with van der Waals surface area (Å²) in [6.07, 6.45) is 4.32. The summed E-state index contributed by atoms with van der Waals surface area (Å²) < 4.78 is 0. The molecule has 0 radical (unpaired) electrons. The van der Waals surface area contributed by atoms with Crippen molar-refractivity contribution in [2.24, 2.45) is 0 Å². The SMILES string of the molecule is N#CCCN(C(=O)Cc1ccc(N)cn1)C1CC1. The summed E-state index contributed by atoms with van der Waals surface area (Å²) in [5, 5.41) is 8.61. The summed E-state index contributed by atoms with van der Waals surface area (Å²) in [5.74, 6) is 0.0463. The minimum atomic E-state index is 0.0463. The van der Waals surface area contributed by atoms with E-state index < -0.39 is 0 Å². The zero-order chi connectivity index (χ0) is 13.0. The zero-order valence-electron chi connectivity index (χ0n) is 10.2. The summed E-state index contributed by atoms with van der Waals surface area (Å²) in [7, 11) is 0. The van der Waals surface area contributed by atoms with Crippen LogP contribution in [0.2, 0.25) is 0 Å². The van der Waals surface area contributed by atoms with Crippen molar-refractivity contribution in [1.29, 1.82) is 5.26 Å². The van der Waals surface area contributed by atoms with E-state index >= 15 is 0 Å². The Morgan fingerprint density at radius 3 is 2.89 bits per heavy atom. The number of hydrogen-bond acceptors (Lipinski definition) is 4. The van der Waals surface area contributed by atoms with Crippen molar-refractivity contribution in [3.8, 4) is 6.07 Å². The number of nitrogens with zero attached hydrogens (tertiary/aromatic N) is 3. The van der Waals surface area contributed by atoms with Crippen LogP contribution in [0.4, 0.5) is 5.69 Å². The molecule has 94 valence electrons. The van der Waals surface area contributed by atoms with Gasteiger partial charge in [-0.05, 0) is 25.0 Å². The van der Waals surface area contributed by atoms with Gasteiger partial charge >= 0.3 is 0 Å². The highest BCUT2D eigenvalue weighted by Crippen LogP contribution is 2.27. The molecule has 1 fully saturated rings. The molecule has 1 saturated carbocycles. The molecule has 0 atom stereocenters. The molecule has 5 nitrogen and oxygen atoms in total. The second kappa shape index (κ2) is 5.50. The topological polar surface area (TPSA) is 83.0 Å². The van der Waals surface area contributed by atoms with E-state index in [2.05, 4.69) is 11.1 Å². The lowest BCUT2D eigenvalue weighted by molar-refractivity contribution is -0.131. The number of nitrogen functional groups attached to an aromatic ring is 1. The smallest absolute Gasteiger partial charge is 0.228 e. The predicted molar refractivity (Wildman–Crippen MR) is 67.3 cm³/mol. The molecule has 1 aromatic heterocycles. The number of nitrogens with two attached hydrogens (primary N) is 1. The second-order valence-corrected chi connectivity index (χ2v) is 4.49. The van der Waals surface area contributed by atoms with Gasteiger partial charge in [0.05, 0.1) is 30.8 Å². The normalized spacial score (nSPS) is 13.9. The highest BCUT2D eigenvalue weighted by atomic mass is 16.2. The van der Waals surface area contributed by atoms with Gasteiger partial charge in [-0.25, -0.2) is 0 Å². The lowest BCUT2D eigenvalue weighted by Crippen LogP contribution is -2.35. The lowest BCUT2D eigenvalue weighted by atomic mass is 10.2. The Kier molecular flexibility index (Phi) is 3.78. The average Bonchev–Trinajstić information content (AvgIpc) is 3.17. The Morgan fingerprint density at radius 2 is 2.33 bits per heavy atom. The molecule has 1 aromatic rings. The maximum atomic E-state index is 12.1. The van der Waals surface area contributed by atoms with Crippen LogP contribution in [0, 0.1) is 11.3 Å². The van der Waals surface area contributed by atoms with Gasteiger partial charge in [0.1, 0.15) is 0 Å². The maximum absolute atomic E-state index is 12.1. The summed E-state index contributed by atoms with van der Waals surface area (Å²) >= 11 is 0. The Hall–Kier alpha value is -2.09. The van der Waals surface area contributed by atoms with Crippen molar-refractivity contribution in [3.63, 3.8) is 0 Å². The number of anilines is 1. The van der Waals surface area contributed by atoms with Crippen molar-refractivity contribution in [2.75, 3.05) is 12.3 Å². The molecule has 1 aliphatic rings. The van der Waals surface area contributed by atoms with Crippen LogP contribution in [0.5, 0.6) is 0 Å². The molecule has 0 spiro atoms. The van der Waals surface area contributed by atoms with Gasteiger partial charge in [0.15, 0.2) is 0 Å². The number of rotatable bonds is 5. The second-order valence-electron chi connectivity index (χ2n) is 4.49. The van der Waals surface area contributed by atoms with Crippen LogP contribution in [0.15, 0.2) is 18.3 Å². The minimum absolute atomic E-state index is 0.0463. The number of nitriles is 1. The van der Waals surface area contributed by atoms with Crippen LogP contribution < -0.4 is 5.73 Å². The van der Waals surface area contributed by atoms with Crippen LogP contribution in [0.25, 0.3) is 0 Å². The maximum Gasteiger partial charge on any atom is 0.228 e. The van der Waals surface area contributed by atoms with Gasteiger partial charge in [-0.1, -0.05) is 0 Å². The van der Waals surface area contributed by atoms with E-state index in [0.717, 1.165) is 18.5 Å². The molecule has 5 heteroatoms. The molecular formula is C13H16N4O. The number of carbonyl (C=O) groups excluding carboxylic acids is 1. The molecule has 0 aromatic carbocycles. The summed E-state index contributed by atoms with van der Waals surface area (Å²) in [4.78, 5) is 18.1. The highest BCUT2D eigenvalue weighted by Gasteiger charge is 2.32. The van der Waals surface area contributed by atoms with Crippen LogP contribution in [0.3, 0.4) is 0 Å². The largest absolute Gasteiger partial charge is 0.397 e. The number of amides is 1. The van der Waals surface area contributed by atoms with E-state index in [1.807, 2.05) is 0 Å². The average molecular weight is 244 g/mol. The highest BCUT2D eigenvalue weighted by molar-refractivity contribution is 5.79. The Balaban J connectivity index is 1.96. The third-order valence-corrected chi connectivity index (χ3v) is 2.95. The lowest BCUT2D eigenvalue weighted by Gasteiger charge is -2.20. The third-order valence-electron chi connectivity index (χ3n) is 2.95. The number of pyridine rings is 1. The Labute approximate surface area is 106 Å². The van der Waals surface area contributed by atoms with E-state index in [1.54, 1.807) is 23.2 Å². The third kappa shape index (κ3) is 3.20. The first kappa shape index (κ1) is 12.4. The fraction of sp³-hybridized carbons (Fsp3) is 0.462. The first-order chi connectivity index (χ1) is 8.70.